The van der Waals surface area contributed by atoms with Crippen LogP contribution >= 0.6 is 0 Å². The Labute approximate surface area is 141 Å². The van der Waals surface area contributed by atoms with Crippen LogP contribution in [0, 0.1) is 24.0 Å². The van der Waals surface area contributed by atoms with Gasteiger partial charge in [-0.2, -0.15) is 0 Å². The van der Waals surface area contributed by atoms with Gasteiger partial charge in [0.1, 0.15) is 0 Å². The second-order valence-electron chi connectivity index (χ2n) is 5.37. The molecule has 0 fully saturated rings. The average Bonchev–Trinajstić information content (AvgIpc) is 2.55. The molecule has 0 spiro atoms. The number of rotatable bonds is 6. The molecule has 0 unspecified atom stereocenters. The maximum atomic E-state index is 13.0. The molecule has 6 nitrogen and oxygen atoms in total. The maximum absolute atomic E-state index is 13.0. The van der Waals surface area contributed by atoms with Crippen LogP contribution in [0.1, 0.15) is 11.1 Å². The van der Waals surface area contributed by atoms with E-state index in [4.69, 9.17) is 0 Å². The normalized spacial score (nSPS) is 11.1. The van der Waals surface area contributed by atoms with Crippen LogP contribution in [0.5, 0.6) is 0 Å². The highest BCUT2D eigenvalue weighted by atomic mass is 32.2. The van der Waals surface area contributed by atoms with Gasteiger partial charge in [0.25, 0.3) is 15.7 Å². The highest BCUT2D eigenvalue weighted by molar-refractivity contribution is 7.92. The molecular formula is C17H18N2O4S. The maximum Gasteiger partial charge on any atom is 0.270 e. The van der Waals surface area contributed by atoms with Crippen LogP contribution in [0.3, 0.4) is 0 Å². The Hall–Kier alpha value is -2.67. The van der Waals surface area contributed by atoms with Gasteiger partial charge >= 0.3 is 0 Å². The molecule has 0 N–H and O–H groups in total. The summed E-state index contributed by atoms with van der Waals surface area (Å²) in [6, 6.07) is 10.5. The Balaban J connectivity index is 2.61. The second-order valence-corrected chi connectivity index (χ2v) is 7.23. The predicted molar refractivity (Wildman–Crippen MR) is 93.7 cm³/mol. The number of benzene rings is 2. The summed E-state index contributed by atoms with van der Waals surface area (Å²) in [7, 11) is -3.95. The quantitative estimate of drug-likeness (QED) is 0.455. The zero-order valence-electron chi connectivity index (χ0n) is 13.5. The summed E-state index contributed by atoms with van der Waals surface area (Å²) in [5.41, 5.74) is 1.97. The topological polar surface area (TPSA) is 80.5 Å². The fraction of sp³-hybridized carbons (Fsp3) is 0.176. The molecule has 0 atom stereocenters. The van der Waals surface area contributed by atoms with E-state index in [9.17, 15) is 18.5 Å². The largest absolute Gasteiger partial charge is 0.270 e. The fourth-order valence-corrected chi connectivity index (χ4v) is 3.85. The van der Waals surface area contributed by atoms with Crippen molar-refractivity contribution in [2.75, 3.05) is 10.8 Å². The number of nitrogens with zero attached hydrogens (tertiary/aromatic N) is 2. The molecule has 24 heavy (non-hydrogen) atoms. The third-order valence-electron chi connectivity index (χ3n) is 3.54. The number of aryl methyl sites for hydroxylation is 2. The van der Waals surface area contributed by atoms with Crippen LogP contribution < -0.4 is 4.31 Å². The number of sulfonamides is 1. The monoisotopic (exact) mass is 346 g/mol. The number of hydrogen-bond donors (Lipinski definition) is 0. The molecule has 0 heterocycles. The lowest BCUT2D eigenvalue weighted by Gasteiger charge is -2.25. The van der Waals surface area contributed by atoms with Crippen molar-refractivity contribution >= 4 is 21.4 Å². The highest BCUT2D eigenvalue weighted by Crippen LogP contribution is 2.29. The lowest BCUT2D eigenvalue weighted by atomic mass is 10.1. The van der Waals surface area contributed by atoms with Gasteiger partial charge in [0.05, 0.1) is 22.1 Å². The molecular weight excluding hydrogens is 328 g/mol. The van der Waals surface area contributed by atoms with E-state index in [2.05, 4.69) is 6.58 Å². The van der Waals surface area contributed by atoms with Crippen molar-refractivity contribution in [2.45, 2.75) is 18.7 Å². The van der Waals surface area contributed by atoms with Gasteiger partial charge in [-0.25, -0.2) is 8.42 Å². The minimum atomic E-state index is -3.95. The minimum absolute atomic E-state index is 0.0648. The standard InChI is InChI=1S/C17H18N2O4S/c1-4-10-18(17-11-13(2)8-9-14(17)3)24(22,23)16-7-5-6-15(12-16)19(20)21/h4-9,11-12H,1,10H2,2-3H3. The summed E-state index contributed by atoms with van der Waals surface area (Å²) in [5.74, 6) is 0. The van der Waals surface area contributed by atoms with E-state index in [-0.39, 0.29) is 17.1 Å². The van der Waals surface area contributed by atoms with E-state index in [0.29, 0.717) is 5.69 Å². The van der Waals surface area contributed by atoms with Gasteiger partial charge in [-0.3, -0.25) is 14.4 Å². The van der Waals surface area contributed by atoms with Crippen LogP contribution in [-0.4, -0.2) is 19.9 Å². The first-order valence-electron chi connectivity index (χ1n) is 7.22. The molecule has 0 aliphatic carbocycles. The van der Waals surface area contributed by atoms with E-state index in [1.54, 1.807) is 6.07 Å². The molecule has 2 aromatic carbocycles. The van der Waals surface area contributed by atoms with E-state index in [1.165, 1.54) is 28.6 Å². The van der Waals surface area contributed by atoms with E-state index in [0.717, 1.165) is 17.2 Å². The minimum Gasteiger partial charge on any atom is -0.262 e. The summed E-state index contributed by atoms with van der Waals surface area (Å²) >= 11 is 0. The van der Waals surface area contributed by atoms with Crippen LogP contribution in [-0.2, 0) is 10.0 Å². The SMILES string of the molecule is C=CCN(c1cc(C)ccc1C)S(=O)(=O)c1cccc([N+](=O)[O-])c1. The summed E-state index contributed by atoms with van der Waals surface area (Å²) in [4.78, 5) is 10.2. The molecule has 2 aromatic rings. The lowest BCUT2D eigenvalue weighted by molar-refractivity contribution is -0.385. The molecule has 126 valence electrons. The Morgan fingerprint density at radius 1 is 1.21 bits per heavy atom. The third-order valence-corrected chi connectivity index (χ3v) is 5.32. The Bertz CT molecular complexity index is 891. The number of nitro groups is 1. The summed E-state index contributed by atoms with van der Waals surface area (Å²) in [6.07, 6.45) is 1.48. The van der Waals surface area contributed by atoms with Crippen molar-refractivity contribution < 1.29 is 13.3 Å². The molecule has 7 heteroatoms. The van der Waals surface area contributed by atoms with Crippen molar-refractivity contribution in [3.8, 4) is 0 Å². The molecule has 0 saturated heterocycles. The first kappa shape index (κ1) is 17.7. The molecule has 0 aromatic heterocycles. The molecule has 0 aliphatic rings. The van der Waals surface area contributed by atoms with Crippen molar-refractivity contribution in [3.05, 3.63) is 76.4 Å². The Kier molecular flexibility index (Phi) is 5.04. The molecule has 0 bridgehead atoms. The molecule has 0 saturated carbocycles. The summed E-state index contributed by atoms with van der Waals surface area (Å²) < 4.78 is 27.2. The van der Waals surface area contributed by atoms with E-state index in [1.807, 2.05) is 26.0 Å². The van der Waals surface area contributed by atoms with Crippen molar-refractivity contribution in [2.24, 2.45) is 0 Å². The Morgan fingerprint density at radius 2 is 1.92 bits per heavy atom. The first-order chi connectivity index (χ1) is 11.3. The van der Waals surface area contributed by atoms with Gasteiger partial charge in [-0.1, -0.05) is 24.3 Å². The smallest absolute Gasteiger partial charge is 0.262 e. The van der Waals surface area contributed by atoms with E-state index < -0.39 is 14.9 Å². The van der Waals surface area contributed by atoms with Crippen LogP contribution in [0.2, 0.25) is 0 Å². The highest BCUT2D eigenvalue weighted by Gasteiger charge is 2.26. The Morgan fingerprint density at radius 3 is 2.54 bits per heavy atom. The number of hydrogen-bond acceptors (Lipinski definition) is 4. The van der Waals surface area contributed by atoms with Crippen molar-refractivity contribution in [3.63, 3.8) is 0 Å². The number of non-ortho nitro benzene ring substituents is 1. The number of nitro benzene ring substituents is 1. The zero-order chi connectivity index (χ0) is 17.9. The van der Waals surface area contributed by atoms with E-state index >= 15 is 0 Å². The number of anilines is 1. The van der Waals surface area contributed by atoms with Gasteiger partial charge in [0, 0.05) is 12.1 Å². The van der Waals surface area contributed by atoms with Crippen molar-refractivity contribution in [1.82, 2.24) is 0 Å². The predicted octanol–water partition coefficient (Wildman–Crippen LogP) is 3.59. The summed E-state index contributed by atoms with van der Waals surface area (Å²) in [5, 5.41) is 10.9. The van der Waals surface area contributed by atoms with Crippen LogP contribution in [0.4, 0.5) is 11.4 Å². The average molecular weight is 346 g/mol. The fourth-order valence-electron chi connectivity index (χ4n) is 2.32. The molecule has 0 amide bonds. The second kappa shape index (κ2) is 6.84. The first-order valence-corrected chi connectivity index (χ1v) is 8.66. The van der Waals surface area contributed by atoms with Crippen LogP contribution in [0.15, 0.2) is 60.0 Å². The molecule has 0 aliphatic heterocycles. The van der Waals surface area contributed by atoms with Gasteiger partial charge < -0.3 is 0 Å². The summed E-state index contributed by atoms with van der Waals surface area (Å²) in [6.45, 7) is 7.36. The molecule has 0 radical (unpaired) electrons. The van der Waals surface area contributed by atoms with Crippen LogP contribution in [0.25, 0.3) is 0 Å². The van der Waals surface area contributed by atoms with Crippen molar-refractivity contribution in [1.29, 1.82) is 0 Å². The molecule has 2 rings (SSSR count). The third kappa shape index (κ3) is 3.46. The lowest BCUT2D eigenvalue weighted by Crippen LogP contribution is -2.31. The van der Waals surface area contributed by atoms with Gasteiger partial charge in [0.2, 0.25) is 0 Å². The zero-order valence-corrected chi connectivity index (χ0v) is 14.3. The van der Waals surface area contributed by atoms with Gasteiger partial charge in [-0.15, -0.1) is 6.58 Å². The van der Waals surface area contributed by atoms with Gasteiger partial charge in [0.15, 0.2) is 0 Å². The van der Waals surface area contributed by atoms with Gasteiger partial charge in [-0.05, 0) is 37.1 Å².